The Labute approximate surface area is 195 Å². The minimum absolute atomic E-state index is 0.131. The normalized spacial score (nSPS) is 14.7. The molecule has 1 aliphatic rings. The molecule has 0 spiro atoms. The van der Waals surface area contributed by atoms with E-state index < -0.39 is 15.9 Å². The molecular weight excluding hydrogens is 442 g/mol. The SMILES string of the molecule is CCc1ccc(C(=O)N(C)CC(=O)Nc2cc(C)ccc2C)cc1S(=O)(=O)N1CCOCC1. The molecule has 0 bridgehead atoms. The van der Waals surface area contributed by atoms with Gasteiger partial charge in [0.05, 0.1) is 24.7 Å². The predicted molar refractivity (Wildman–Crippen MR) is 127 cm³/mol. The molecule has 8 nitrogen and oxygen atoms in total. The van der Waals surface area contributed by atoms with Crippen molar-refractivity contribution in [2.75, 3.05) is 45.2 Å². The number of benzene rings is 2. The molecule has 178 valence electrons. The molecule has 1 N–H and O–H groups in total. The van der Waals surface area contributed by atoms with Gasteiger partial charge < -0.3 is 15.0 Å². The van der Waals surface area contributed by atoms with Gasteiger partial charge in [-0.1, -0.05) is 25.1 Å². The van der Waals surface area contributed by atoms with E-state index in [-0.39, 0.29) is 36.0 Å². The number of hydrogen-bond acceptors (Lipinski definition) is 5. The lowest BCUT2D eigenvalue weighted by molar-refractivity contribution is -0.116. The van der Waals surface area contributed by atoms with Gasteiger partial charge in [0, 0.05) is 31.4 Å². The van der Waals surface area contributed by atoms with Gasteiger partial charge in [0.25, 0.3) is 5.91 Å². The van der Waals surface area contributed by atoms with Crippen molar-refractivity contribution >= 4 is 27.5 Å². The molecule has 0 saturated carbocycles. The van der Waals surface area contributed by atoms with Crippen LogP contribution in [0.1, 0.15) is 34.0 Å². The summed E-state index contributed by atoms with van der Waals surface area (Å²) in [5.74, 6) is -0.752. The molecule has 2 aromatic carbocycles. The minimum atomic E-state index is -3.76. The van der Waals surface area contributed by atoms with Crippen molar-refractivity contribution in [2.45, 2.75) is 32.1 Å². The van der Waals surface area contributed by atoms with Crippen LogP contribution in [0.5, 0.6) is 0 Å². The van der Waals surface area contributed by atoms with Crippen molar-refractivity contribution in [3.05, 3.63) is 58.7 Å². The molecule has 1 aliphatic heterocycles. The molecule has 0 aliphatic carbocycles. The van der Waals surface area contributed by atoms with Crippen LogP contribution < -0.4 is 5.32 Å². The second-order valence-electron chi connectivity index (χ2n) is 8.22. The number of nitrogens with zero attached hydrogens (tertiary/aromatic N) is 2. The molecule has 1 saturated heterocycles. The van der Waals surface area contributed by atoms with Crippen LogP contribution in [0.2, 0.25) is 0 Å². The highest BCUT2D eigenvalue weighted by molar-refractivity contribution is 7.89. The van der Waals surface area contributed by atoms with E-state index in [2.05, 4.69) is 5.32 Å². The Kier molecular flexibility index (Phi) is 7.88. The van der Waals surface area contributed by atoms with Gasteiger partial charge in [-0.15, -0.1) is 0 Å². The van der Waals surface area contributed by atoms with Crippen LogP contribution in [-0.2, 0) is 26.0 Å². The Hall–Kier alpha value is -2.75. The first kappa shape index (κ1) is 24.9. The van der Waals surface area contributed by atoms with Gasteiger partial charge in [0.15, 0.2) is 0 Å². The van der Waals surface area contributed by atoms with Gasteiger partial charge in [-0.05, 0) is 55.2 Å². The molecule has 9 heteroatoms. The molecule has 0 radical (unpaired) electrons. The maximum Gasteiger partial charge on any atom is 0.254 e. The molecule has 2 aromatic rings. The molecule has 33 heavy (non-hydrogen) atoms. The Morgan fingerprint density at radius 2 is 1.79 bits per heavy atom. The van der Waals surface area contributed by atoms with Gasteiger partial charge in [0.2, 0.25) is 15.9 Å². The Morgan fingerprint density at radius 1 is 1.09 bits per heavy atom. The quantitative estimate of drug-likeness (QED) is 0.667. The highest BCUT2D eigenvalue weighted by Crippen LogP contribution is 2.24. The topological polar surface area (TPSA) is 96.0 Å². The van der Waals surface area contributed by atoms with E-state index in [0.717, 1.165) is 11.1 Å². The zero-order chi connectivity index (χ0) is 24.2. The third-order valence-corrected chi connectivity index (χ3v) is 7.66. The van der Waals surface area contributed by atoms with Crippen LogP contribution in [-0.4, -0.2) is 69.3 Å². The van der Waals surface area contributed by atoms with Gasteiger partial charge >= 0.3 is 0 Å². The number of sulfonamides is 1. The molecular formula is C24H31N3O5S. The van der Waals surface area contributed by atoms with Gasteiger partial charge in [-0.3, -0.25) is 9.59 Å². The first-order valence-electron chi connectivity index (χ1n) is 11.0. The summed E-state index contributed by atoms with van der Waals surface area (Å²) in [5.41, 5.74) is 3.52. The summed E-state index contributed by atoms with van der Waals surface area (Å²) in [5, 5.41) is 2.84. The van der Waals surface area contributed by atoms with Crippen molar-refractivity contribution in [3.8, 4) is 0 Å². The number of carbonyl (C=O) groups is 2. The molecule has 3 rings (SSSR count). The number of amides is 2. The molecule has 0 unspecified atom stereocenters. The fourth-order valence-corrected chi connectivity index (χ4v) is 5.44. The third kappa shape index (κ3) is 5.79. The fraction of sp³-hybridized carbons (Fsp3) is 0.417. The first-order chi connectivity index (χ1) is 15.6. The van der Waals surface area contributed by atoms with E-state index in [0.29, 0.717) is 30.9 Å². The van der Waals surface area contributed by atoms with E-state index in [4.69, 9.17) is 4.74 Å². The zero-order valence-corrected chi connectivity index (χ0v) is 20.4. The summed E-state index contributed by atoms with van der Waals surface area (Å²) < 4.78 is 33.1. The number of morpholine rings is 1. The van der Waals surface area contributed by atoms with E-state index in [1.54, 1.807) is 12.1 Å². The van der Waals surface area contributed by atoms with Crippen LogP contribution in [0.3, 0.4) is 0 Å². The first-order valence-corrected chi connectivity index (χ1v) is 12.4. The van der Waals surface area contributed by atoms with Crippen molar-refractivity contribution in [1.29, 1.82) is 0 Å². The second-order valence-corrected chi connectivity index (χ2v) is 10.1. The number of hydrogen-bond donors (Lipinski definition) is 1. The minimum Gasteiger partial charge on any atom is -0.379 e. The van der Waals surface area contributed by atoms with E-state index in [1.807, 2.05) is 39.0 Å². The number of ether oxygens (including phenoxy) is 1. The number of anilines is 1. The average molecular weight is 474 g/mol. The number of likely N-dealkylation sites (N-methyl/N-ethyl adjacent to an activating group) is 1. The highest BCUT2D eigenvalue weighted by Gasteiger charge is 2.29. The Bertz CT molecular complexity index is 1140. The maximum absolute atomic E-state index is 13.2. The monoisotopic (exact) mass is 473 g/mol. The van der Waals surface area contributed by atoms with E-state index >= 15 is 0 Å². The van der Waals surface area contributed by atoms with Crippen molar-refractivity contribution in [1.82, 2.24) is 9.21 Å². The summed E-state index contributed by atoms with van der Waals surface area (Å²) in [7, 11) is -2.23. The van der Waals surface area contributed by atoms with Crippen LogP contribution in [0.25, 0.3) is 0 Å². The summed E-state index contributed by atoms with van der Waals surface area (Å²) in [6, 6.07) is 10.5. The van der Waals surface area contributed by atoms with E-state index in [9.17, 15) is 18.0 Å². The lowest BCUT2D eigenvalue weighted by atomic mass is 10.1. The summed E-state index contributed by atoms with van der Waals surface area (Å²) in [4.78, 5) is 27.0. The van der Waals surface area contributed by atoms with Crippen LogP contribution in [0.4, 0.5) is 5.69 Å². The zero-order valence-electron chi connectivity index (χ0n) is 19.6. The molecule has 0 aromatic heterocycles. The standard InChI is InChI=1S/C24H31N3O5S/c1-5-19-8-9-20(15-22(19)33(30,31)27-10-12-32-13-11-27)24(29)26(4)16-23(28)25-21-14-17(2)6-7-18(21)3/h6-9,14-15H,5,10-13,16H2,1-4H3,(H,25,28). The van der Waals surface area contributed by atoms with Crippen LogP contribution >= 0.6 is 0 Å². The lowest BCUT2D eigenvalue weighted by Crippen LogP contribution is -2.41. The Balaban J connectivity index is 1.78. The number of aryl methyl sites for hydroxylation is 3. The third-order valence-electron chi connectivity index (χ3n) is 5.68. The largest absolute Gasteiger partial charge is 0.379 e. The van der Waals surface area contributed by atoms with Gasteiger partial charge in [-0.25, -0.2) is 8.42 Å². The van der Waals surface area contributed by atoms with Crippen molar-refractivity contribution < 1.29 is 22.7 Å². The lowest BCUT2D eigenvalue weighted by Gasteiger charge is -2.27. The summed E-state index contributed by atoms with van der Waals surface area (Å²) in [6.07, 6.45) is 0.515. The molecule has 2 amide bonds. The van der Waals surface area contributed by atoms with Crippen LogP contribution in [0, 0.1) is 13.8 Å². The number of nitrogens with one attached hydrogen (secondary N) is 1. The molecule has 0 atom stereocenters. The van der Waals surface area contributed by atoms with Gasteiger partial charge in [0.1, 0.15) is 0 Å². The summed E-state index contributed by atoms with van der Waals surface area (Å²) in [6.45, 7) is 6.80. The molecule has 1 fully saturated rings. The average Bonchev–Trinajstić information content (AvgIpc) is 2.81. The van der Waals surface area contributed by atoms with Crippen LogP contribution in [0.15, 0.2) is 41.3 Å². The fourth-order valence-electron chi connectivity index (χ4n) is 3.71. The predicted octanol–water partition coefficient (Wildman–Crippen LogP) is 2.60. The molecule has 1 heterocycles. The number of rotatable bonds is 7. The number of carbonyl (C=O) groups excluding carboxylic acids is 2. The maximum atomic E-state index is 13.2. The van der Waals surface area contributed by atoms with Crippen molar-refractivity contribution in [3.63, 3.8) is 0 Å². The van der Waals surface area contributed by atoms with E-state index in [1.165, 1.54) is 22.3 Å². The van der Waals surface area contributed by atoms with Crippen molar-refractivity contribution in [2.24, 2.45) is 0 Å². The Morgan fingerprint density at radius 3 is 2.45 bits per heavy atom. The van der Waals surface area contributed by atoms with Gasteiger partial charge in [-0.2, -0.15) is 4.31 Å². The smallest absolute Gasteiger partial charge is 0.254 e. The second kappa shape index (κ2) is 10.5. The summed E-state index contributed by atoms with van der Waals surface area (Å²) >= 11 is 0. The highest BCUT2D eigenvalue weighted by atomic mass is 32.2.